The van der Waals surface area contributed by atoms with Gasteiger partial charge in [0.15, 0.2) is 0 Å². The Morgan fingerprint density at radius 3 is 2.75 bits per heavy atom. The van der Waals surface area contributed by atoms with Crippen LogP contribution in [0.15, 0.2) is 0 Å². The lowest BCUT2D eigenvalue weighted by Crippen LogP contribution is -2.50. The van der Waals surface area contributed by atoms with Crippen LogP contribution in [0, 0.1) is 0 Å². The fourth-order valence-electron chi connectivity index (χ4n) is 3.15. The molecule has 2 fully saturated rings. The molecule has 0 aromatic carbocycles. The van der Waals surface area contributed by atoms with Crippen molar-refractivity contribution in [1.82, 2.24) is 15.5 Å². The third-order valence-corrected chi connectivity index (χ3v) is 4.23. The van der Waals surface area contributed by atoms with Crippen LogP contribution in [0.2, 0.25) is 0 Å². The van der Waals surface area contributed by atoms with Crippen LogP contribution in [0.5, 0.6) is 0 Å². The average molecular weight is 283 g/mol. The van der Waals surface area contributed by atoms with Crippen molar-refractivity contribution in [2.75, 3.05) is 33.3 Å². The van der Waals surface area contributed by atoms with E-state index >= 15 is 0 Å². The molecule has 2 aliphatic heterocycles. The van der Waals surface area contributed by atoms with E-state index in [1.807, 2.05) is 0 Å². The van der Waals surface area contributed by atoms with Crippen LogP contribution in [-0.4, -0.2) is 62.1 Å². The number of amides is 1. The van der Waals surface area contributed by atoms with Crippen LogP contribution in [-0.2, 0) is 14.3 Å². The van der Waals surface area contributed by atoms with Gasteiger partial charge in [-0.2, -0.15) is 0 Å². The fourth-order valence-corrected chi connectivity index (χ4v) is 3.15. The number of rotatable bonds is 5. The molecule has 0 saturated carbocycles. The Balaban J connectivity index is 1.80. The summed E-state index contributed by atoms with van der Waals surface area (Å²) in [5.74, 6) is -0.225. The third-order valence-electron chi connectivity index (χ3n) is 4.23. The lowest BCUT2D eigenvalue weighted by molar-refractivity contribution is -0.140. The molecule has 1 atom stereocenters. The van der Waals surface area contributed by atoms with Gasteiger partial charge in [-0.25, -0.2) is 0 Å². The van der Waals surface area contributed by atoms with Crippen molar-refractivity contribution in [3.8, 4) is 0 Å². The molecule has 0 radical (unpaired) electrons. The summed E-state index contributed by atoms with van der Waals surface area (Å²) in [6.07, 6.45) is 4.48. The first-order valence-electron chi connectivity index (χ1n) is 7.53. The molecular weight excluding hydrogens is 258 g/mol. The van der Waals surface area contributed by atoms with E-state index in [2.05, 4.69) is 20.3 Å². The van der Waals surface area contributed by atoms with E-state index < -0.39 is 0 Å². The molecule has 2 aliphatic rings. The number of likely N-dealkylation sites (tertiary alicyclic amines) is 1. The van der Waals surface area contributed by atoms with Gasteiger partial charge in [0.05, 0.1) is 19.6 Å². The predicted octanol–water partition coefficient (Wildman–Crippen LogP) is -0.118. The lowest BCUT2D eigenvalue weighted by atomic mass is 10.0. The molecular formula is C14H25N3O3. The highest BCUT2D eigenvalue weighted by atomic mass is 16.5. The van der Waals surface area contributed by atoms with E-state index in [4.69, 9.17) is 0 Å². The van der Waals surface area contributed by atoms with Crippen molar-refractivity contribution in [2.24, 2.45) is 0 Å². The van der Waals surface area contributed by atoms with Gasteiger partial charge in [-0.15, -0.1) is 0 Å². The van der Waals surface area contributed by atoms with Crippen molar-refractivity contribution >= 4 is 11.9 Å². The Labute approximate surface area is 120 Å². The summed E-state index contributed by atoms with van der Waals surface area (Å²) in [6.45, 7) is 3.46. The number of methoxy groups -OCH3 is 1. The second-order valence-corrected chi connectivity index (χ2v) is 5.49. The quantitative estimate of drug-likeness (QED) is 0.689. The van der Waals surface area contributed by atoms with E-state index in [1.54, 1.807) is 0 Å². The highest BCUT2D eigenvalue weighted by Gasteiger charge is 2.35. The average Bonchev–Trinajstić information content (AvgIpc) is 2.97. The van der Waals surface area contributed by atoms with Crippen LogP contribution < -0.4 is 10.6 Å². The molecule has 2 heterocycles. The van der Waals surface area contributed by atoms with Gasteiger partial charge in [0, 0.05) is 12.6 Å². The van der Waals surface area contributed by atoms with Gasteiger partial charge in [-0.1, -0.05) is 0 Å². The first-order valence-corrected chi connectivity index (χ1v) is 7.53. The monoisotopic (exact) mass is 283 g/mol. The molecule has 0 aliphatic carbocycles. The smallest absolute Gasteiger partial charge is 0.307 e. The first kappa shape index (κ1) is 15.3. The molecule has 0 bridgehead atoms. The van der Waals surface area contributed by atoms with E-state index in [-0.39, 0.29) is 24.3 Å². The molecule has 0 aromatic heterocycles. The molecule has 1 amide bonds. The second kappa shape index (κ2) is 7.59. The van der Waals surface area contributed by atoms with Crippen molar-refractivity contribution in [2.45, 2.75) is 44.2 Å². The van der Waals surface area contributed by atoms with Gasteiger partial charge < -0.3 is 15.4 Å². The van der Waals surface area contributed by atoms with Gasteiger partial charge in [-0.05, 0) is 45.3 Å². The van der Waals surface area contributed by atoms with Crippen molar-refractivity contribution in [3.63, 3.8) is 0 Å². The first-order chi connectivity index (χ1) is 9.72. The van der Waals surface area contributed by atoms with Gasteiger partial charge in [-0.3, -0.25) is 14.5 Å². The fraction of sp³-hybridized carbons (Fsp3) is 0.857. The maximum atomic E-state index is 12.2. The number of piperidine rings is 1. The van der Waals surface area contributed by atoms with E-state index in [0.29, 0.717) is 12.6 Å². The normalized spacial score (nSPS) is 24.6. The van der Waals surface area contributed by atoms with Crippen molar-refractivity contribution < 1.29 is 14.3 Å². The molecule has 2 rings (SSSR count). The summed E-state index contributed by atoms with van der Waals surface area (Å²) in [7, 11) is 1.36. The Kier molecular flexibility index (Phi) is 5.79. The molecule has 0 aromatic rings. The molecule has 6 nitrogen and oxygen atoms in total. The van der Waals surface area contributed by atoms with Gasteiger partial charge >= 0.3 is 5.97 Å². The standard InChI is InChI=1S/C14H25N3O3/c1-20-13(18)6-9-16-14(19)12-3-2-10-17(12)11-4-7-15-8-5-11/h11-12,15H,2-10H2,1H3,(H,16,19). The van der Waals surface area contributed by atoms with Crippen LogP contribution in [0.3, 0.4) is 0 Å². The SMILES string of the molecule is COC(=O)CCNC(=O)C1CCCN1C1CCNCC1. The zero-order valence-corrected chi connectivity index (χ0v) is 12.2. The maximum Gasteiger partial charge on any atom is 0.307 e. The molecule has 20 heavy (non-hydrogen) atoms. The van der Waals surface area contributed by atoms with Crippen LogP contribution in [0.1, 0.15) is 32.1 Å². The highest BCUT2D eigenvalue weighted by Crippen LogP contribution is 2.24. The zero-order valence-electron chi connectivity index (χ0n) is 12.2. The minimum Gasteiger partial charge on any atom is -0.469 e. The summed E-state index contributed by atoms with van der Waals surface area (Å²) in [5.41, 5.74) is 0. The lowest BCUT2D eigenvalue weighted by Gasteiger charge is -2.35. The number of ether oxygens (including phenoxy) is 1. The van der Waals surface area contributed by atoms with Gasteiger partial charge in [0.1, 0.15) is 0 Å². The molecule has 2 saturated heterocycles. The number of hydrogen-bond donors (Lipinski definition) is 2. The summed E-state index contributed by atoms with van der Waals surface area (Å²) in [4.78, 5) is 25.6. The number of nitrogens with one attached hydrogen (secondary N) is 2. The Morgan fingerprint density at radius 2 is 2.05 bits per heavy atom. The minimum absolute atomic E-state index is 0.0178. The van der Waals surface area contributed by atoms with E-state index in [0.717, 1.165) is 45.3 Å². The maximum absolute atomic E-state index is 12.2. The summed E-state index contributed by atoms with van der Waals surface area (Å²) in [5, 5.41) is 6.22. The van der Waals surface area contributed by atoms with Crippen LogP contribution in [0.25, 0.3) is 0 Å². The number of hydrogen-bond acceptors (Lipinski definition) is 5. The zero-order chi connectivity index (χ0) is 14.4. The molecule has 2 N–H and O–H groups in total. The number of carbonyl (C=O) groups excluding carboxylic acids is 2. The second-order valence-electron chi connectivity index (χ2n) is 5.49. The van der Waals surface area contributed by atoms with Crippen molar-refractivity contribution in [1.29, 1.82) is 0 Å². The van der Waals surface area contributed by atoms with Crippen LogP contribution in [0.4, 0.5) is 0 Å². The Bertz CT molecular complexity index is 343. The molecule has 1 unspecified atom stereocenters. The third kappa shape index (κ3) is 3.93. The summed E-state index contributed by atoms with van der Waals surface area (Å²) < 4.78 is 4.57. The van der Waals surface area contributed by atoms with Crippen molar-refractivity contribution in [3.05, 3.63) is 0 Å². The number of esters is 1. The highest BCUT2D eigenvalue weighted by molar-refractivity contribution is 5.82. The van der Waals surface area contributed by atoms with Gasteiger partial charge in [0.25, 0.3) is 0 Å². The summed E-state index contributed by atoms with van der Waals surface area (Å²) in [6, 6.07) is 0.505. The molecule has 0 spiro atoms. The Morgan fingerprint density at radius 1 is 1.30 bits per heavy atom. The Hall–Kier alpha value is -1.14. The van der Waals surface area contributed by atoms with E-state index in [1.165, 1.54) is 7.11 Å². The number of carbonyl (C=O) groups is 2. The number of nitrogens with zero attached hydrogens (tertiary/aromatic N) is 1. The largest absolute Gasteiger partial charge is 0.469 e. The van der Waals surface area contributed by atoms with Crippen LogP contribution >= 0.6 is 0 Å². The van der Waals surface area contributed by atoms with Gasteiger partial charge in [0.2, 0.25) is 5.91 Å². The molecule has 114 valence electrons. The summed E-state index contributed by atoms with van der Waals surface area (Å²) >= 11 is 0. The predicted molar refractivity (Wildman–Crippen MR) is 75.3 cm³/mol. The van der Waals surface area contributed by atoms with E-state index in [9.17, 15) is 9.59 Å². The minimum atomic E-state index is -0.285. The molecule has 6 heteroatoms. The topological polar surface area (TPSA) is 70.7 Å².